The Bertz CT molecular complexity index is 285. The third-order valence-corrected chi connectivity index (χ3v) is 2.59. The molecule has 7 nitrogen and oxygen atoms in total. The van der Waals surface area contributed by atoms with Gasteiger partial charge in [0.2, 0.25) is 5.91 Å². The lowest BCUT2D eigenvalue weighted by atomic mass is 10.3. The molecule has 1 unspecified atom stereocenters. The van der Waals surface area contributed by atoms with E-state index in [1.54, 1.807) is 11.9 Å². The number of aliphatic hydroxyl groups excluding tert-OH is 1. The number of amides is 3. The molecule has 1 aliphatic rings. The maximum atomic E-state index is 11.6. The van der Waals surface area contributed by atoms with Crippen LogP contribution in [0.25, 0.3) is 0 Å². The van der Waals surface area contributed by atoms with Crippen molar-refractivity contribution in [3.05, 3.63) is 0 Å². The Labute approximate surface area is 100 Å². The SMILES string of the molecule is COCC(CO)NC(=O)CN1CCN(C)C1=O. The number of nitrogens with one attached hydrogen (secondary N) is 1. The molecule has 1 saturated heterocycles. The fraction of sp³-hybridized carbons (Fsp3) is 0.800. The van der Waals surface area contributed by atoms with Gasteiger partial charge >= 0.3 is 6.03 Å². The number of aliphatic hydroxyl groups is 1. The monoisotopic (exact) mass is 245 g/mol. The van der Waals surface area contributed by atoms with E-state index < -0.39 is 6.04 Å². The van der Waals surface area contributed by atoms with Gasteiger partial charge in [0, 0.05) is 27.2 Å². The number of rotatable bonds is 6. The Morgan fingerprint density at radius 2 is 2.29 bits per heavy atom. The Morgan fingerprint density at radius 1 is 1.59 bits per heavy atom. The fourth-order valence-electron chi connectivity index (χ4n) is 1.64. The number of carbonyl (C=O) groups is 2. The lowest BCUT2D eigenvalue weighted by Crippen LogP contribution is -2.46. The van der Waals surface area contributed by atoms with Gasteiger partial charge in [-0.2, -0.15) is 0 Å². The first-order chi connectivity index (χ1) is 8.08. The number of hydrogen-bond donors (Lipinski definition) is 2. The van der Waals surface area contributed by atoms with Gasteiger partial charge in [-0.25, -0.2) is 4.79 Å². The Morgan fingerprint density at radius 3 is 2.76 bits per heavy atom. The number of nitrogens with zero attached hydrogens (tertiary/aromatic N) is 2. The highest BCUT2D eigenvalue weighted by molar-refractivity contribution is 5.85. The molecule has 2 N–H and O–H groups in total. The molecular weight excluding hydrogens is 226 g/mol. The van der Waals surface area contributed by atoms with Gasteiger partial charge in [-0.3, -0.25) is 4.79 Å². The molecule has 98 valence electrons. The first kappa shape index (κ1) is 13.7. The second kappa shape index (κ2) is 6.41. The fourth-order valence-corrected chi connectivity index (χ4v) is 1.64. The smallest absolute Gasteiger partial charge is 0.320 e. The summed E-state index contributed by atoms with van der Waals surface area (Å²) < 4.78 is 4.84. The lowest BCUT2D eigenvalue weighted by Gasteiger charge is -2.19. The van der Waals surface area contributed by atoms with Crippen molar-refractivity contribution in [2.75, 3.05) is 47.0 Å². The van der Waals surface area contributed by atoms with Crippen LogP contribution >= 0.6 is 0 Å². The maximum Gasteiger partial charge on any atom is 0.320 e. The molecule has 1 rings (SSSR count). The standard InChI is InChI=1S/C10H19N3O4/c1-12-3-4-13(10(12)16)5-9(15)11-8(6-14)7-17-2/h8,14H,3-7H2,1-2H3,(H,11,15). The van der Waals surface area contributed by atoms with Crippen molar-refractivity contribution in [3.63, 3.8) is 0 Å². The number of ether oxygens (including phenoxy) is 1. The lowest BCUT2D eigenvalue weighted by molar-refractivity contribution is -0.123. The first-order valence-electron chi connectivity index (χ1n) is 5.47. The number of hydrogen-bond acceptors (Lipinski definition) is 4. The van der Waals surface area contributed by atoms with E-state index in [1.807, 2.05) is 0 Å². The molecule has 0 aliphatic carbocycles. The molecule has 0 bridgehead atoms. The molecule has 0 spiro atoms. The molecule has 0 aromatic carbocycles. The molecule has 1 aliphatic heterocycles. The maximum absolute atomic E-state index is 11.6. The largest absolute Gasteiger partial charge is 0.394 e. The highest BCUT2D eigenvalue weighted by Crippen LogP contribution is 2.04. The molecule has 3 amide bonds. The minimum atomic E-state index is -0.428. The molecule has 1 fully saturated rings. The Kier molecular flexibility index (Phi) is 5.17. The number of urea groups is 1. The van der Waals surface area contributed by atoms with Crippen molar-refractivity contribution in [3.8, 4) is 0 Å². The predicted octanol–water partition coefficient (Wildman–Crippen LogP) is -1.52. The summed E-state index contributed by atoms with van der Waals surface area (Å²) in [4.78, 5) is 26.2. The topological polar surface area (TPSA) is 82.1 Å². The average Bonchev–Trinajstić information content (AvgIpc) is 2.60. The molecule has 1 atom stereocenters. The average molecular weight is 245 g/mol. The van der Waals surface area contributed by atoms with Crippen LogP contribution in [0.1, 0.15) is 0 Å². The highest BCUT2D eigenvalue weighted by Gasteiger charge is 2.27. The second-order valence-electron chi connectivity index (χ2n) is 4.03. The highest BCUT2D eigenvalue weighted by atomic mass is 16.5. The molecule has 17 heavy (non-hydrogen) atoms. The van der Waals surface area contributed by atoms with Gasteiger partial charge < -0.3 is 25.0 Å². The zero-order valence-electron chi connectivity index (χ0n) is 10.2. The van der Waals surface area contributed by atoms with Crippen LogP contribution in [-0.4, -0.2) is 79.9 Å². The summed E-state index contributed by atoms with van der Waals surface area (Å²) in [7, 11) is 3.19. The van der Waals surface area contributed by atoms with Crippen LogP contribution in [0.5, 0.6) is 0 Å². The third-order valence-electron chi connectivity index (χ3n) is 2.59. The van der Waals surface area contributed by atoms with Crippen molar-refractivity contribution >= 4 is 11.9 Å². The van der Waals surface area contributed by atoms with Crippen molar-refractivity contribution < 1.29 is 19.4 Å². The van der Waals surface area contributed by atoms with Crippen molar-refractivity contribution in [2.24, 2.45) is 0 Å². The van der Waals surface area contributed by atoms with E-state index in [4.69, 9.17) is 9.84 Å². The van der Waals surface area contributed by atoms with Gasteiger partial charge in [0.05, 0.1) is 19.3 Å². The summed E-state index contributed by atoms with van der Waals surface area (Å²) in [5.41, 5.74) is 0. The van der Waals surface area contributed by atoms with Crippen LogP contribution in [0.3, 0.4) is 0 Å². The Balaban J connectivity index is 2.36. The number of carbonyl (C=O) groups excluding carboxylic acids is 2. The van der Waals surface area contributed by atoms with Gasteiger partial charge in [-0.1, -0.05) is 0 Å². The molecule has 1 heterocycles. The van der Waals surface area contributed by atoms with E-state index in [9.17, 15) is 9.59 Å². The second-order valence-corrected chi connectivity index (χ2v) is 4.03. The summed E-state index contributed by atoms with van der Waals surface area (Å²) in [5.74, 6) is -0.287. The van der Waals surface area contributed by atoms with Crippen molar-refractivity contribution in [2.45, 2.75) is 6.04 Å². The van der Waals surface area contributed by atoms with Gasteiger partial charge in [0.25, 0.3) is 0 Å². The summed E-state index contributed by atoms with van der Waals surface area (Å²) in [6.45, 7) is 1.26. The minimum Gasteiger partial charge on any atom is -0.394 e. The van der Waals surface area contributed by atoms with Gasteiger partial charge in [0.1, 0.15) is 6.54 Å². The number of methoxy groups -OCH3 is 1. The zero-order chi connectivity index (χ0) is 12.8. The van der Waals surface area contributed by atoms with E-state index >= 15 is 0 Å². The van der Waals surface area contributed by atoms with E-state index in [-0.39, 0.29) is 31.7 Å². The minimum absolute atomic E-state index is 0.0172. The zero-order valence-corrected chi connectivity index (χ0v) is 10.2. The van der Waals surface area contributed by atoms with E-state index in [1.165, 1.54) is 12.0 Å². The van der Waals surface area contributed by atoms with E-state index in [2.05, 4.69) is 5.32 Å². The molecule has 7 heteroatoms. The van der Waals surface area contributed by atoms with Crippen LogP contribution in [0, 0.1) is 0 Å². The first-order valence-corrected chi connectivity index (χ1v) is 5.47. The molecule has 0 aromatic rings. The summed E-state index contributed by atoms with van der Waals surface area (Å²) >= 11 is 0. The Hall–Kier alpha value is -1.34. The van der Waals surface area contributed by atoms with Crippen LogP contribution in [0.2, 0.25) is 0 Å². The van der Waals surface area contributed by atoms with Gasteiger partial charge in [-0.15, -0.1) is 0 Å². The van der Waals surface area contributed by atoms with E-state index in [0.29, 0.717) is 13.1 Å². The van der Waals surface area contributed by atoms with Crippen LogP contribution in [0.15, 0.2) is 0 Å². The molecular formula is C10H19N3O4. The van der Waals surface area contributed by atoms with Crippen molar-refractivity contribution in [1.82, 2.24) is 15.1 Å². The van der Waals surface area contributed by atoms with E-state index in [0.717, 1.165) is 0 Å². The van der Waals surface area contributed by atoms with Gasteiger partial charge in [0.15, 0.2) is 0 Å². The summed E-state index contributed by atoms with van der Waals surface area (Å²) in [5, 5.41) is 11.6. The van der Waals surface area contributed by atoms with Crippen LogP contribution in [0.4, 0.5) is 4.79 Å². The predicted molar refractivity (Wildman–Crippen MR) is 60.5 cm³/mol. The molecule has 0 saturated carbocycles. The molecule has 0 aromatic heterocycles. The quantitative estimate of drug-likeness (QED) is 0.595. The van der Waals surface area contributed by atoms with Crippen LogP contribution in [-0.2, 0) is 9.53 Å². The summed E-state index contributed by atoms with van der Waals surface area (Å²) in [6.07, 6.45) is 0. The normalized spacial score (nSPS) is 17.5. The molecule has 0 radical (unpaired) electrons. The van der Waals surface area contributed by atoms with Crippen LogP contribution < -0.4 is 5.32 Å². The number of likely N-dealkylation sites (N-methyl/N-ethyl adjacent to an activating group) is 1. The van der Waals surface area contributed by atoms with Crippen molar-refractivity contribution in [1.29, 1.82) is 0 Å². The third kappa shape index (κ3) is 3.86. The summed E-state index contributed by atoms with van der Waals surface area (Å²) in [6, 6.07) is -0.574. The van der Waals surface area contributed by atoms with Gasteiger partial charge in [-0.05, 0) is 0 Å².